The van der Waals surface area contributed by atoms with E-state index in [1.54, 1.807) is 24.3 Å². The van der Waals surface area contributed by atoms with Crippen LogP contribution in [0.25, 0.3) is 0 Å². The monoisotopic (exact) mass is 500 g/mol. The summed E-state index contributed by atoms with van der Waals surface area (Å²) in [4.78, 5) is 39.1. The molecule has 198 valence electrons. The fourth-order valence-corrected chi connectivity index (χ4v) is 3.56. The Kier molecular flexibility index (Phi) is 12.8. The first-order valence-electron chi connectivity index (χ1n) is 12.7. The van der Waals surface area contributed by atoms with Gasteiger partial charge in [0.15, 0.2) is 0 Å². The van der Waals surface area contributed by atoms with Gasteiger partial charge in [-0.2, -0.15) is 0 Å². The summed E-state index contributed by atoms with van der Waals surface area (Å²) in [5.74, 6) is -1.13. The van der Waals surface area contributed by atoms with Crippen LogP contribution in [0.4, 0.5) is 0 Å². The molecule has 1 aromatic heterocycles. The fourth-order valence-electron chi connectivity index (χ4n) is 3.56. The van der Waals surface area contributed by atoms with E-state index in [1.807, 2.05) is 51.5 Å². The SMILES string of the molecule is CCCC(=O)OCC(CC)(COC(=O)CCN(C)CCCn1cccc1)COC(=O)c1ccccc1. The molecule has 0 aliphatic heterocycles. The molecule has 0 bridgehead atoms. The zero-order chi connectivity index (χ0) is 26.2. The smallest absolute Gasteiger partial charge is 0.338 e. The van der Waals surface area contributed by atoms with Crippen LogP contribution in [0.5, 0.6) is 0 Å². The van der Waals surface area contributed by atoms with Crippen LogP contribution in [-0.4, -0.2) is 67.3 Å². The van der Waals surface area contributed by atoms with Gasteiger partial charge in [-0.1, -0.05) is 32.0 Å². The first-order valence-corrected chi connectivity index (χ1v) is 12.7. The highest BCUT2D eigenvalue weighted by Gasteiger charge is 2.34. The summed E-state index contributed by atoms with van der Waals surface area (Å²) < 4.78 is 18.7. The number of aromatic nitrogens is 1. The predicted molar refractivity (Wildman–Crippen MR) is 137 cm³/mol. The normalized spacial score (nSPS) is 12.7. The number of ether oxygens (including phenoxy) is 3. The lowest BCUT2D eigenvalue weighted by molar-refractivity contribution is -0.156. The summed E-state index contributed by atoms with van der Waals surface area (Å²) in [6, 6.07) is 12.7. The minimum Gasteiger partial charge on any atom is -0.465 e. The third kappa shape index (κ3) is 10.6. The second-order valence-corrected chi connectivity index (χ2v) is 9.19. The molecule has 1 atom stereocenters. The van der Waals surface area contributed by atoms with Crippen molar-refractivity contribution in [2.45, 2.75) is 52.5 Å². The molecule has 1 heterocycles. The highest BCUT2D eigenvalue weighted by Crippen LogP contribution is 2.25. The molecule has 0 saturated carbocycles. The van der Waals surface area contributed by atoms with E-state index in [1.165, 1.54) is 0 Å². The standard InChI is InChI=1S/C28H40N2O6/c1-4-12-25(31)34-21-28(5-2,23-36-27(33)24-13-7-6-8-14-24)22-35-26(32)15-20-29(3)16-11-19-30-17-9-10-18-30/h6-10,13-14,17-18H,4-5,11-12,15-16,19-23H2,1-3H3. The van der Waals surface area contributed by atoms with Crippen LogP contribution < -0.4 is 0 Å². The maximum absolute atomic E-state index is 12.5. The van der Waals surface area contributed by atoms with Crippen molar-refractivity contribution in [1.29, 1.82) is 0 Å². The maximum Gasteiger partial charge on any atom is 0.338 e. The second kappa shape index (κ2) is 15.8. The minimum atomic E-state index is -0.813. The number of benzene rings is 1. The van der Waals surface area contributed by atoms with Crippen molar-refractivity contribution < 1.29 is 28.6 Å². The van der Waals surface area contributed by atoms with E-state index in [0.717, 1.165) is 19.5 Å². The molecule has 1 unspecified atom stereocenters. The third-order valence-corrected chi connectivity index (χ3v) is 6.12. The molecule has 0 aliphatic carbocycles. The molecule has 0 amide bonds. The predicted octanol–water partition coefficient (Wildman–Crippen LogP) is 4.34. The van der Waals surface area contributed by atoms with Gasteiger partial charge in [0.2, 0.25) is 0 Å². The molecule has 1 aromatic carbocycles. The van der Waals surface area contributed by atoms with Gasteiger partial charge in [-0.15, -0.1) is 0 Å². The zero-order valence-electron chi connectivity index (χ0n) is 21.8. The highest BCUT2D eigenvalue weighted by atomic mass is 16.6. The first-order chi connectivity index (χ1) is 17.4. The lowest BCUT2D eigenvalue weighted by atomic mass is 9.88. The van der Waals surface area contributed by atoms with Gasteiger partial charge >= 0.3 is 17.9 Å². The van der Waals surface area contributed by atoms with Gasteiger partial charge in [-0.3, -0.25) is 9.59 Å². The first kappa shape index (κ1) is 29.1. The van der Waals surface area contributed by atoms with Gasteiger partial charge in [0, 0.05) is 31.9 Å². The number of hydrogen-bond acceptors (Lipinski definition) is 7. The molecular weight excluding hydrogens is 460 g/mol. The van der Waals surface area contributed by atoms with Crippen molar-refractivity contribution in [3.63, 3.8) is 0 Å². The van der Waals surface area contributed by atoms with Crippen LogP contribution in [-0.2, 0) is 30.3 Å². The number of aryl methyl sites for hydroxylation is 1. The maximum atomic E-state index is 12.5. The molecule has 0 radical (unpaired) electrons. The molecule has 0 N–H and O–H groups in total. The summed E-state index contributed by atoms with van der Waals surface area (Å²) in [7, 11) is 1.98. The van der Waals surface area contributed by atoms with E-state index >= 15 is 0 Å². The number of hydrogen-bond donors (Lipinski definition) is 0. The molecule has 36 heavy (non-hydrogen) atoms. The van der Waals surface area contributed by atoms with E-state index < -0.39 is 11.4 Å². The fraction of sp³-hybridized carbons (Fsp3) is 0.536. The Labute approximate surface area is 214 Å². The molecule has 8 heteroatoms. The number of carbonyl (C=O) groups excluding carboxylic acids is 3. The van der Waals surface area contributed by atoms with Crippen LogP contribution in [0.3, 0.4) is 0 Å². The Hall–Kier alpha value is -3.13. The van der Waals surface area contributed by atoms with Gasteiger partial charge in [-0.05, 0) is 57.1 Å². The van der Waals surface area contributed by atoms with Crippen molar-refractivity contribution in [1.82, 2.24) is 9.47 Å². The summed E-state index contributed by atoms with van der Waals surface area (Å²) in [5, 5.41) is 0. The van der Waals surface area contributed by atoms with Crippen LogP contribution in [0, 0.1) is 5.41 Å². The van der Waals surface area contributed by atoms with Crippen molar-refractivity contribution in [2.75, 3.05) is 40.0 Å². The molecule has 0 spiro atoms. The third-order valence-electron chi connectivity index (χ3n) is 6.12. The van der Waals surface area contributed by atoms with Crippen LogP contribution in [0.1, 0.15) is 56.3 Å². The Morgan fingerprint density at radius 3 is 2.06 bits per heavy atom. The van der Waals surface area contributed by atoms with Crippen LogP contribution >= 0.6 is 0 Å². The van der Waals surface area contributed by atoms with Crippen LogP contribution in [0.2, 0.25) is 0 Å². The molecule has 0 fully saturated rings. The van der Waals surface area contributed by atoms with Crippen molar-refractivity contribution in [3.8, 4) is 0 Å². The number of esters is 3. The quantitative estimate of drug-likeness (QED) is 0.236. The Morgan fingerprint density at radius 1 is 0.833 bits per heavy atom. The summed E-state index contributed by atoms with van der Waals surface area (Å²) in [6.07, 6.45) is 6.78. The number of rotatable bonds is 17. The minimum absolute atomic E-state index is 0.00114. The van der Waals surface area contributed by atoms with Gasteiger partial charge in [0.1, 0.15) is 19.8 Å². The Balaban J connectivity index is 1.86. The van der Waals surface area contributed by atoms with E-state index in [-0.39, 0.29) is 38.2 Å². The lowest BCUT2D eigenvalue weighted by Gasteiger charge is -2.31. The summed E-state index contributed by atoms with van der Waals surface area (Å²) in [5.41, 5.74) is -0.381. The van der Waals surface area contributed by atoms with E-state index in [0.29, 0.717) is 31.4 Å². The molecule has 0 saturated heterocycles. The Morgan fingerprint density at radius 2 is 1.44 bits per heavy atom. The van der Waals surface area contributed by atoms with E-state index in [2.05, 4.69) is 9.47 Å². The zero-order valence-corrected chi connectivity index (χ0v) is 21.8. The van der Waals surface area contributed by atoms with Gasteiger partial charge < -0.3 is 23.7 Å². The van der Waals surface area contributed by atoms with Gasteiger partial charge in [-0.25, -0.2) is 4.79 Å². The van der Waals surface area contributed by atoms with Gasteiger partial charge in [0.05, 0.1) is 17.4 Å². The van der Waals surface area contributed by atoms with Gasteiger partial charge in [0.25, 0.3) is 0 Å². The van der Waals surface area contributed by atoms with E-state index in [4.69, 9.17) is 14.2 Å². The van der Waals surface area contributed by atoms with Crippen LogP contribution in [0.15, 0.2) is 54.9 Å². The molecule has 2 rings (SSSR count). The Bertz CT molecular complexity index is 915. The summed E-state index contributed by atoms with van der Waals surface area (Å²) in [6.45, 7) is 6.16. The molecular formula is C28H40N2O6. The highest BCUT2D eigenvalue weighted by molar-refractivity contribution is 5.89. The summed E-state index contributed by atoms with van der Waals surface area (Å²) >= 11 is 0. The lowest BCUT2D eigenvalue weighted by Crippen LogP contribution is -2.39. The molecule has 8 nitrogen and oxygen atoms in total. The van der Waals surface area contributed by atoms with E-state index in [9.17, 15) is 14.4 Å². The number of carbonyl (C=O) groups is 3. The molecule has 0 aliphatic rings. The molecule has 2 aromatic rings. The largest absolute Gasteiger partial charge is 0.465 e. The number of nitrogens with zero attached hydrogens (tertiary/aromatic N) is 2. The second-order valence-electron chi connectivity index (χ2n) is 9.19. The average molecular weight is 501 g/mol. The average Bonchev–Trinajstić information content (AvgIpc) is 3.41. The van der Waals surface area contributed by atoms with Crippen molar-refractivity contribution in [2.24, 2.45) is 5.41 Å². The van der Waals surface area contributed by atoms with Crippen molar-refractivity contribution >= 4 is 17.9 Å². The van der Waals surface area contributed by atoms with Crippen molar-refractivity contribution in [3.05, 3.63) is 60.4 Å². The topological polar surface area (TPSA) is 87.1 Å².